The van der Waals surface area contributed by atoms with Crippen molar-refractivity contribution in [1.29, 1.82) is 0 Å². The number of rotatable bonds is 7. The molecular formula is C27H33N5. The first-order valence-electron chi connectivity index (χ1n) is 11.7. The SMILES string of the molecule is CN(C)c1nc(N[C@H]2CC[C@@H](NCCCC#Cc3ccccc3)CC2)nc2ccccc12. The molecule has 1 aromatic heterocycles. The summed E-state index contributed by atoms with van der Waals surface area (Å²) in [6, 6.07) is 19.4. The van der Waals surface area contributed by atoms with E-state index in [1.807, 2.05) is 44.4 Å². The number of fused-ring (bicyclic) bond motifs is 1. The van der Waals surface area contributed by atoms with Crippen LogP contribution in [0.1, 0.15) is 44.1 Å². The van der Waals surface area contributed by atoms with Crippen LogP contribution in [0.5, 0.6) is 0 Å². The van der Waals surface area contributed by atoms with Crippen LogP contribution in [0.25, 0.3) is 10.9 Å². The van der Waals surface area contributed by atoms with Gasteiger partial charge in [-0.3, -0.25) is 0 Å². The highest BCUT2D eigenvalue weighted by atomic mass is 15.2. The van der Waals surface area contributed by atoms with Gasteiger partial charge < -0.3 is 15.5 Å². The molecule has 1 saturated carbocycles. The average molecular weight is 428 g/mol. The molecule has 4 rings (SSSR count). The molecule has 32 heavy (non-hydrogen) atoms. The Morgan fingerprint density at radius 1 is 0.906 bits per heavy atom. The van der Waals surface area contributed by atoms with Gasteiger partial charge in [-0.05, 0) is 62.9 Å². The lowest BCUT2D eigenvalue weighted by atomic mass is 9.91. The van der Waals surface area contributed by atoms with E-state index in [9.17, 15) is 0 Å². The minimum Gasteiger partial charge on any atom is -0.362 e. The van der Waals surface area contributed by atoms with Gasteiger partial charge in [-0.25, -0.2) is 4.98 Å². The maximum absolute atomic E-state index is 4.79. The Hall–Kier alpha value is -3.10. The van der Waals surface area contributed by atoms with E-state index in [1.165, 1.54) is 12.8 Å². The topological polar surface area (TPSA) is 53.1 Å². The number of hydrogen-bond donors (Lipinski definition) is 2. The van der Waals surface area contributed by atoms with Crippen molar-refractivity contribution in [2.24, 2.45) is 0 Å². The summed E-state index contributed by atoms with van der Waals surface area (Å²) in [6.07, 6.45) is 6.67. The van der Waals surface area contributed by atoms with Crippen molar-refractivity contribution in [1.82, 2.24) is 15.3 Å². The predicted octanol–water partition coefficient (Wildman–Crippen LogP) is 4.84. The number of aromatic nitrogens is 2. The van der Waals surface area contributed by atoms with Crippen LogP contribution in [0.2, 0.25) is 0 Å². The zero-order valence-electron chi connectivity index (χ0n) is 19.1. The van der Waals surface area contributed by atoms with Crippen molar-refractivity contribution in [3.63, 3.8) is 0 Å². The van der Waals surface area contributed by atoms with E-state index in [2.05, 4.69) is 51.6 Å². The molecule has 2 N–H and O–H groups in total. The molecule has 1 heterocycles. The van der Waals surface area contributed by atoms with Crippen LogP contribution in [-0.4, -0.2) is 42.7 Å². The standard InChI is InChI=1S/C27H33N5/c1-32(2)26-24-14-8-9-15-25(24)30-27(31-26)29-23-18-16-22(17-19-23)28-20-10-4-7-13-21-11-5-3-6-12-21/h3,5-6,8-9,11-12,14-15,22-23,28H,4,10,16-20H2,1-2H3,(H,29,30,31)/t22-,23+. The van der Waals surface area contributed by atoms with Gasteiger partial charge in [0.15, 0.2) is 0 Å². The summed E-state index contributed by atoms with van der Waals surface area (Å²) in [5.41, 5.74) is 2.08. The molecule has 1 aliphatic rings. The molecule has 0 spiro atoms. The van der Waals surface area contributed by atoms with Crippen molar-refractivity contribution >= 4 is 22.7 Å². The summed E-state index contributed by atoms with van der Waals surface area (Å²) in [4.78, 5) is 11.6. The van der Waals surface area contributed by atoms with Crippen LogP contribution < -0.4 is 15.5 Å². The van der Waals surface area contributed by atoms with Crippen LogP contribution in [0.3, 0.4) is 0 Å². The van der Waals surface area contributed by atoms with Crippen molar-refractivity contribution in [2.45, 2.75) is 50.6 Å². The number of nitrogens with one attached hydrogen (secondary N) is 2. The maximum Gasteiger partial charge on any atom is 0.225 e. The fraction of sp³-hybridized carbons (Fsp3) is 0.407. The van der Waals surface area contributed by atoms with Crippen LogP contribution in [-0.2, 0) is 0 Å². The molecule has 3 aromatic rings. The lowest BCUT2D eigenvalue weighted by Gasteiger charge is -2.30. The van der Waals surface area contributed by atoms with Gasteiger partial charge in [0.2, 0.25) is 5.95 Å². The molecule has 0 amide bonds. The average Bonchev–Trinajstić information content (AvgIpc) is 2.82. The molecule has 0 bridgehead atoms. The van der Waals surface area contributed by atoms with Crippen LogP contribution >= 0.6 is 0 Å². The third-order valence-electron chi connectivity index (χ3n) is 5.99. The van der Waals surface area contributed by atoms with Gasteiger partial charge in [-0.1, -0.05) is 42.2 Å². The van der Waals surface area contributed by atoms with Crippen molar-refractivity contribution in [2.75, 3.05) is 30.9 Å². The van der Waals surface area contributed by atoms with Gasteiger partial charge >= 0.3 is 0 Å². The van der Waals surface area contributed by atoms with E-state index in [0.717, 1.165) is 60.5 Å². The molecule has 5 heteroatoms. The second-order valence-corrected chi connectivity index (χ2v) is 8.70. The quantitative estimate of drug-likeness (QED) is 0.417. The largest absolute Gasteiger partial charge is 0.362 e. The van der Waals surface area contributed by atoms with Crippen molar-refractivity contribution in [3.05, 3.63) is 60.2 Å². The molecule has 2 aromatic carbocycles. The number of anilines is 2. The zero-order valence-corrected chi connectivity index (χ0v) is 19.1. The fourth-order valence-corrected chi connectivity index (χ4v) is 4.26. The highest BCUT2D eigenvalue weighted by Gasteiger charge is 2.21. The highest BCUT2D eigenvalue weighted by Crippen LogP contribution is 2.26. The lowest BCUT2D eigenvalue weighted by Crippen LogP contribution is -2.37. The molecular weight excluding hydrogens is 394 g/mol. The van der Waals surface area contributed by atoms with Gasteiger partial charge in [-0.2, -0.15) is 4.98 Å². The van der Waals surface area contributed by atoms with Gasteiger partial charge in [0.25, 0.3) is 0 Å². The second-order valence-electron chi connectivity index (χ2n) is 8.70. The Labute approximate surface area is 191 Å². The van der Waals surface area contributed by atoms with E-state index >= 15 is 0 Å². The summed E-state index contributed by atoms with van der Waals surface area (Å²) in [5.74, 6) is 8.21. The van der Waals surface area contributed by atoms with Crippen molar-refractivity contribution < 1.29 is 0 Å². The molecule has 5 nitrogen and oxygen atoms in total. The summed E-state index contributed by atoms with van der Waals surface area (Å²) < 4.78 is 0. The Kier molecular flexibility index (Phi) is 7.58. The predicted molar refractivity (Wildman–Crippen MR) is 134 cm³/mol. The summed E-state index contributed by atoms with van der Waals surface area (Å²) >= 11 is 0. The third kappa shape index (κ3) is 5.99. The molecule has 1 fully saturated rings. The van der Waals surface area contributed by atoms with E-state index in [-0.39, 0.29) is 0 Å². The lowest BCUT2D eigenvalue weighted by molar-refractivity contribution is 0.353. The number of para-hydroxylation sites is 1. The molecule has 0 atom stereocenters. The maximum atomic E-state index is 4.79. The van der Waals surface area contributed by atoms with Crippen LogP contribution in [0, 0.1) is 11.8 Å². The Morgan fingerprint density at radius 2 is 1.62 bits per heavy atom. The first-order valence-corrected chi connectivity index (χ1v) is 11.7. The number of hydrogen-bond acceptors (Lipinski definition) is 5. The van der Waals surface area contributed by atoms with Crippen molar-refractivity contribution in [3.8, 4) is 11.8 Å². The van der Waals surface area contributed by atoms with E-state index < -0.39 is 0 Å². The number of benzene rings is 2. The molecule has 1 aliphatic carbocycles. The van der Waals surface area contributed by atoms with E-state index in [1.54, 1.807) is 0 Å². The Bertz CT molecular complexity index is 1060. The zero-order chi connectivity index (χ0) is 22.2. The Morgan fingerprint density at radius 3 is 2.41 bits per heavy atom. The second kappa shape index (κ2) is 11.0. The Balaban J connectivity index is 1.21. The monoisotopic (exact) mass is 427 g/mol. The first-order chi connectivity index (χ1) is 15.7. The fourth-order valence-electron chi connectivity index (χ4n) is 4.26. The normalized spacial score (nSPS) is 18.1. The number of unbranched alkanes of at least 4 members (excludes halogenated alkanes) is 1. The van der Waals surface area contributed by atoms with Gasteiger partial charge in [0.1, 0.15) is 5.82 Å². The van der Waals surface area contributed by atoms with Gasteiger partial charge in [0.05, 0.1) is 5.52 Å². The summed E-state index contributed by atoms with van der Waals surface area (Å²) in [6.45, 7) is 1.03. The van der Waals surface area contributed by atoms with E-state index in [0.29, 0.717) is 12.1 Å². The first kappa shape index (κ1) is 22.1. The molecule has 0 saturated heterocycles. The van der Waals surface area contributed by atoms with Gasteiger partial charge in [-0.15, -0.1) is 0 Å². The number of nitrogens with zero attached hydrogens (tertiary/aromatic N) is 3. The third-order valence-corrected chi connectivity index (χ3v) is 5.99. The van der Waals surface area contributed by atoms with Crippen LogP contribution in [0.4, 0.5) is 11.8 Å². The molecule has 0 radical (unpaired) electrons. The summed E-state index contributed by atoms with van der Waals surface area (Å²) in [7, 11) is 4.06. The van der Waals surface area contributed by atoms with Gasteiger partial charge in [0, 0.05) is 43.5 Å². The molecule has 0 unspecified atom stereocenters. The smallest absolute Gasteiger partial charge is 0.225 e. The minimum atomic E-state index is 0.431. The minimum absolute atomic E-state index is 0.431. The molecule has 0 aliphatic heterocycles. The highest BCUT2D eigenvalue weighted by molar-refractivity contribution is 5.90. The van der Waals surface area contributed by atoms with E-state index in [4.69, 9.17) is 9.97 Å². The molecule has 166 valence electrons. The van der Waals surface area contributed by atoms with Crippen LogP contribution in [0.15, 0.2) is 54.6 Å². The summed E-state index contributed by atoms with van der Waals surface area (Å²) in [5, 5.41) is 8.40.